The van der Waals surface area contributed by atoms with Crippen molar-refractivity contribution in [1.82, 2.24) is 5.32 Å². The Kier molecular flexibility index (Phi) is 4.79. The molecule has 0 amide bonds. The summed E-state index contributed by atoms with van der Waals surface area (Å²) in [6.07, 6.45) is 9.14. The van der Waals surface area contributed by atoms with E-state index in [2.05, 4.69) is 15.3 Å². The molecule has 0 fully saturated rings. The average Bonchev–Trinajstić information content (AvgIpc) is 2.20. The first-order chi connectivity index (χ1) is 6.89. The maximum Gasteiger partial charge on any atom is 0.189 e. The van der Waals surface area contributed by atoms with Crippen molar-refractivity contribution in [2.75, 3.05) is 13.2 Å². The molecule has 0 bridgehead atoms. The molecule has 14 heavy (non-hydrogen) atoms. The molecule has 0 atom stereocenters. The SMILES string of the molecule is O=C1CN\C=C/N=C\C=C/N=COC1. The molecule has 0 aliphatic carbocycles. The van der Waals surface area contributed by atoms with Crippen molar-refractivity contribution >= 4 is 18.4 Å². The number of rotatable bonds is 0. The van der Waals surface area contributed by atoms with Crippen molar-refractivity contribution in [2.45, 2.75) is 0 Å². The summed E-state index contributed by atoms with van der Waals surface area (Å²) >= 11 is 0. The number of hydrogen-bond donors (Lipinski definition) is 1. The molecule has 74 valence electrons. The lowest BCUT2D eigenvalue weighted by Gasteiger charge is -1.99. The van der Waals surface area contributed by atoms with Gasteiger partial charge in [-0.05, 0) is 6.08 Å². The van der Waals surface area contributed by atoms with Gasteiger partial charge in [0, 0.05) is 24.8 Å². The maximum atomic E-state index is 11.0. The monoisotopic (exact) mass is 193 g/mol. The topological polar surface area (TPSA) is 63.0 Å². The molecule has 5 heteroatoms. The van der Waals surface area contributed by atoms with Crippen molar-refractivity contribution in [3.05, 3.63) is 24.7 Å². The highest BCUT2D eigenvalue weighted by Crippen LogP contribution is 1.79. The molecule has 0 spiro atoms. The second-order valence-electron chi connectivity index (χ2n) is 2.44. The van der Waals surface area contributed by atoms with E-state index in [-0.39, 0.29) is 18.9 Å². The van der Waals surface area contributed by atoms with E-state index in [0.29, 0.717) is 0 Å². The van der Waals surface area contributed by atoms with E-state index in [0.717, 1.165) is 0 Å². The number of hydrogen-bond acceptors (Lipinski definition) is 5. The fraction of sp³-hybridized carbons (Fsp3) is 0.222. The van der Waals surface area contributed by atoms with Crippen molar-refractivity contribution in [3.8, 4) is 0 Å². The highest BCUT2D eigenvalue weighted by atomic mass is 16.5. The summed E-state index contributed by atoms with van der Waals surface area (Å²) in [5, 5.41) is 2.78. The molecule has 0 radical (unpaired) electrons. The van der Waals surface area contributed by atoms with Crippen LogP contribution in [0.4, 0.5) is 0 Å². The fourth-order valence-corrected chi connectivity index (χ4v) is 0.715. The summed E-state index contributed by atoms with van der Waals surface area (Å²) in [7, 11) is 0. The Bertz CT molecular complexity index is 264. The van der Waals surface area contributed by atoms with Gasteiger partial charge in [0.1, 0.15) is 6.61 Å². The number of carbonyl (C=O) groups is 1. The molecule has 0 saturated carbocycles. The van der Waals surface area contributed by atoms with E-state index < -0.39 is 0 Å². The van der Waals surface area contributed by atoms with Crippen molar-refractivity contribution < 1.29 is 9.53 Å². The van der Waals surface area contributed by atoms with E-state index >= 15 is 0 Å². The van der Waals surface area contributed by atoms with Crippen molar-refractivity contribution in [3.63, 3.8) is 0 Å². The predicted octanol–water partition coefficient (Wildman–Crippen LogP) is 0.259. The van der Waals surface area contributed by atoms with Gasteiger partial charge in [0.15, 0.2) is 12.2 Å². The second kappa shape index (κ2) is 6.59. The van der Waals surface area contributed by atoms with Crippen LogP contribution in [0.5, 0.6) is 0 Å². The van der Waals surface area contributed by atoms with Crippen LogP contribution in [0.3, 0.4) is 0 Å². The number of nitrogens with one attached hydrogen (secondary N) is 1. The molecular formula is C9H11N3O2. The number of ketones is 1. The minimum Gasteiger partial charge on any atom is -0.475 e. The number of ether oxygens (including phenoxy) is 1. The Labute approximate surface area is 81.9 Å². The van der Waals surface area contributed by atoms with Gasteiger partial charge in [0.05, 0.1) is 6.54 Å². The van der Waals surface area contributed by atoms with Gasteiger partial charge in [-0.15, -0.1) is 0 Å². The van der Waals surface area contributed by atoms with Crippen LogP contribution in [0, 0.1) is 0 Å². The number of carbonyl (C=O) groups excluding carboxylic acids is 1. The zero-order valence-electron chi connectivity index (χ0n) is 7.59. The molecule has 1 aliphatic heterocycles. The average molecular weight is 193 g/mol. The minimum absolute atomic E-state index is 0.0268. The molecule has 0 unspecified atom stereocenters. The third-order valence-corrected chi connectivity index (χ3v) is 1.30. The summed E-state index contributed by atoms with van der Waals surface area (Å²) in [6, 6.07) is 0. The standard InChI is InChI=1S/C9H11N3O2/c13-9-6-11-5-4-10-2-1-3-12-8-14-7-9/h1-5,8,11H,6-7H2/b3-1-,5-4-,10-2-,12-8?. The molecule has 0 saturated heterocycles. The lowest BCUT2D eigenvalue weighted by molar-refractivity contribution is -0.120. The van der Waals surface area contributed by atoms with E-state index in [1.54, 1.807) is 24.7 Å². The zero-order chi connectivity index (χ0) is 10.1. The number of allylic oxidation sites excluding steroid dienone is 1. The first-order valence-electron chi connectivity index (χ1n) is 4.11. The highest BCUT2D eigenvalue weighted by Gasteiger charge is 1.98. The molecular weight excluding hydrogens is 182 g/mol. The van der Waals surface area contributed by atoms with Crippen LogP contribution in [0.15, 0.2) is 34.7 Å². The van der Waals surface area contributed by atoms with Crippen LogP contribution >= 0.6 is 0 Å². The van der Waals surface area contributed by atoms with Crippen LogP contribution in [0.25, 0.3) is 0 Å². The van der Waals surface area contributed by atoms with Gasteiger partial charge in [-0.2, -0.15) is 0 Å². The van der Waals surface area contributed by atoms with Crippen molar-refractivity contribution in [1.29, 1.82) is 0 Å². The normalized spacial score (nSPS) is 24.4. The lowest BCUT2D eigenvalue weighted by Crippen LogP contribution is -2.21. The largest absolute Gasteiger partial charge is 0.475 e. The van der Waals surface area contributed by atoms with Crippen LogP contribution in [0.2, 0.25) is 0 Å². The van der Waals surface area contributed by atoms with Crippen LogP contribution < -0.4 is 5.32 Å². The van der Waals surface area contributed by atoms with Crippen LogP contribution in [-0.2, 0) is 9.53 Å². The maximum absolute atomic E-state index is 11.0. The molecule has 0 aromatic rings. The molecule has 0 aromatic heterocycles. The van der Waals surface area contributed by atoms with Gasteiger partial charge in [-0.1, -0.05) is 0 Å². The summed E-state index contributed by atoms with van der Waals surface area (Å²) in [4.78, 5) is 18.7. The molecule has 1 rings (SSSR count). The Morgan fingerprint density at radius 1 is 1.36 bits per heavy atom. The summed E-state index contributed by atoms with van der Waals surface area (Å²) in [6.45, 7) is 0.256. The quantitative estimate of drug-likeness (QED) is 0.600. The van der Waals surface area contributed by atoms with Gasteiger partial charge in [0.2, 0.25) is 0 Å². The molecule has 5 nitrogen and oxygen atoms in total. The van der Waals surface area contributed by atoms with Gasteiger partial charge in [-0.25, -0.2) is 4.99 Å². The fourth-order valence-electron chi connectivity index (χ4n) is 0.715. The molecule has 1 N–H and O–H groups in total. The smallest absolute Gasteiger partial charge is 0.189 e. The third kappa shape index (κ3) is 4.87. The lowest BCUT2D eigenvalue weighted by atomic mass is 10.4. The van der Waals surface area contributed by atoms with E-state index in [1.165, 1.54) is 12.6 Å². The van der Waals surface area contributed by atoms with E-state index in [4.69, 9.17) is 4.74 Å². The predicted molar refractivity (Wildman–Crippen MR) is 54.2 cm³/mol. The zero-order valence-corrected chi connectivity index (χ0v) is 7.59. The number of nitrogens with zero attached hydrogens (tertiary/aromatic N) is 2. The first kappa shape index (κ1) is 10.2. The first-order valence-corrected chi connectivity index (χ1v) is 4.11. The summed E-state index contributed by atoms with van der Waals surface area (Å²) < 4.78 is 4.86. The Morgan fingerprint density at radius 2 is 2.29 bits per heavy atom. The van der Waals surface area contributed by atoms with Gasteiger partial charge in [0.25, 0.3) is 0 Å². The third-order valence-electron chi connectivity index (χ3n) is 1.30. The molecule has 0 aromatic carbocycles. The Balaban J connectivity index is 2.51. The Hall–Kier alpha value is -1.91. The highest BCUT2D eigenvalue weighted by molar-refractivity contribution is 5.82. The van der Waals surface area contributed by atoms with Crippen molar-refractivity contribution in [2.24, 2.45) is 9.98 Å². The summed E-state index contributed by atoms with van der Waals surface area (Å²) in [5.74, 6) is -0.0479. The molecule has 1 heterocycles. The van der Waals surface area contributed by atoms with Gasteiger partial charge >= 0.3 is 0 Å². The molecule has 1 aliphatic rings. The number of Topliss-reactive ketones (excluding diaryl/α,β-unsaturated/α-hetero) is 1. The Morgan fingerprint density at radius 3 is 3.21 bits per heavy atom. The second-order valence-corrected chi connectivity index (χ2v) is 2.44. The van der Waals surface area contributed by atoms with E-state index in [1.807, 2.05) is 0 Å². The number of aliphatic imine (C=N–C) groups is 2. The minimum atomic E-state index is -0.0479. The van der Waals surface area contributed by atoms with Gasteiger partial charge in [-0.3, -0.25) is 9.79 Å². The van der Waals surface area contributed by atoms with Crippen LogP contribution in [0.1, 0.15) is 0 Å². The summed E-state index contributed by atoms with van der Waals surface area (Å²) in [5.41, 5.74) is 0. The van der Waals surface area contributed by atoms with Gasteiger partial charge < -0.3 is 10.1 Å². The van der Waals surface area contributed by atoms with Crippen LogP contribution in [-0.4, -0.2) is 31.6 Å². The van der Waals surface area contributed by atoms with E-state index in [9.17, 15) is 4.79 Å².